The van der Waals surface area contributed by atoms with Crippen molar-refractivity contribution in [2.45, 2.75) is 25.7 Å². The van der Waals surface area contributed by atoms with E-state index in [1.807, 2.05) is 6.07 Å². The summed E-state index contributed by atoms with van der Waals surface area (Å²) in [6.07, 6.45) is 4.22. The summed E-state index contributed by atoms with van der Waals surface area (Å²) >= 11 is 0. The molecule has 0 aliphatic carbocycles. The number of hydrogen-bond acceptors (Lipinski definition) is 5. The predicted octanol–water partition coefficient (Wildman–Crippen LogP) is 3.59. The second-order valence-electron chi connectivity index (χ2n) is 7.21. The van der Waals surface area contributed by atoms with E-state index in [1.54, 1.807) is 12.1 Å². The van der Waals surface area contributed by atoms with Gasteiger partial charge in [-0.2, -0.15) is 0 Å². The summed E-state index contributed by atoms with van der Waals surface area (Å²) in [6, 6.07) is 15.2. The van der Waals surface area contributed by atoms with Gasteiger partial charge >= 0.3 is 0 Å². The first kappa shape index (κ1) is 22.9. The van der Waals surface area contributed by atoms with Crippen LogP contribution in [0.15, 0.2) is 48.5 Å². The number of rotatable bonds is 12. The maximum absolute atomic E-state index is 12.5. The van der Waals surface area contributed by atoms with Crippen LogP contribution in [0.5, 0.6) is 5.75 Å². The summed E-state index contributed by atoms with van der Waals surface area (Å²) in [5.74, 6) is 0.378. The molecule has 0 fully saturated rings. The molecule has 0 amide bonds. The number of hydrogen-bond donors (Lipinski definition) is 1. The fourth-order valence-electron chi connectivity index (χ4n) is 3.05. The van der Waals surface area contributed by atoms with Crippen molar-refractivity contribution in [3.63, 3.8) is 0 Å². The molecule has 0 aromatic heterocycles. The number of nitrogens with zero attached hydrogens (tertiary/aromatic N) is 1. The molecule has 0 bridgehead atoms. The van der Waals surface area contributed by atoms with Crippen LogP contribution in [0.4, 0.5) is 5.69 Å². The van der Waals surface area contributed by atoms with Gasteiger partial charge in [0.25, 0.3) is 0 Å². The Morgan fingerprint density at radius 1 is 1.07 bits per heavy atom. The van der Waals surface area contributed by atoms with Gasteiger partial charge in [0.1, 0.15) is 5.75 Å². The van der Waals surface area contributed by atoms with E-state index in [4.69, 9.17) is 4.74 Å². The van der Waals surface area contributed by atoms with E-state index in [-0.39, 0.29) is 11.5 Å². The average Bonchev–Trinajstić information content (AvgIpc) is 2.69. The fraction of sp³-hybridized carbons (Fsp3) is 0.409. The topological polar surface area (TPSA) is 75.7 Å². The highest BCUT2D eigenvalue weighted by molar-refractivity contribution is 7.92. The van der Waals surface area contributed by atoms with Crippen LogP contribution in [0.25, 0.3) is 0 Å². The van der Waals surface area contributed by atoms with Gasteiger partial charge < -0.3 is 9.64 Å². The zero-order valence-corrected chi connectivity index (χ0v) is 18.2. The SMILES string of the molecule is COc1ccc(C(=O)CCCCN(C)CCc2ccccc2)cc1NS(C)(=O)=O. The molecule has 0 heterocycles. The van der Waals surface area contributed by atoms with Gasteiger partial charge in [-0.05, 0) is 56.6 Å². The Morgan fingerprint density at radius 2 is 1.79 bits per heavy atom. The summed E-state index contributed by atoms with van der Waals surface area (Å²) in [5.41, 5.74) is 2.09. The Kier molecular flexibility index (Phi) is 8.67. The van der Waals surface area contributed by atoms with Gasteiger partial charge in [0, 0.05) is 18.5 Å². The summed E-state index contributed by atoms with van der Waals surface area (Å²) in [7, 11) is 0.0964. The fourth-order valence-corrected chi connectivity index (χ4v) is 3.61. The van der Waals surface area contributed by atoms with Crippen LogP contribution < -0.4 is 9.46 Å². The van der Waals surface area contributed by atoms with E-state index in [2.05, 4.69) is 40.9 Å². The Bertz CT molecular complexity index is 898. The third kappa shape index (κ3) is 8.25. The first-order valence-electron chi connectivity index (χ1n) is 9.70. The number of ketones is 1. The summed E-state index contributed by atoms with van der Waals surface area (Å²) < 4.78 is 30.6. The molecule has 158 valence electrons. The number of anilines is 1. The number of sulfonamides is 1. The van der Waals surface area contributed by atoms with Crippen LogP contribution in [-0.2, 0) is 16.4 Å². The molecule has 0 atom stereocenters. The van der Waals surface area contributed by atoms with E-state index in [9.17, 15) is 13.2 Å². The molecule has 0 aliphatic heterocycles. The third-order valence-electron chi connectivity index (χ3n) is 4.64. The largest absolute Gasteiger partial charge is 0.495 e. The lowest BCUT2D eigenvalue weighted by Crippen LogP contribution is -2.22. The molecular formula is C22H30N2O4S. The molecule has 2 rings (SSSR count). The molecule has 7 heteroatoms. The quantitative estimate of drug-likeness (QED) is 0.421. The van der Waals surface area contributed by atoms with Gasteiger partial charge in [-0.15, -0.1) is 0 Å². The highest BCUT2D eigenvalue weighted by Gasteiger charge is 2.13. The molecule has 0 spiro atoms. The molecule has 6 nitrogen and oxygen atoms in total. The van der Waals surface area contributed by atoms with E-state index < -0.39 is 10.0 Å². The van der Waals surface area contributed by atoms with Crippen molar-refractivity contribution in [3.8, 4) is 5.75 Å². The van der Waals surface area contributed by atoms with E-state index in [0.717, 1.165) is 38.6 Å². The number of ether oxygens (including phenoxy) is 1. The number of unbranched alkanes of at least 4 members (excludes halogenated alkanes) is 1. The van der Waals surface area contributed by atoms with Gasteiger partial charge in [-0.3, -0.25) is 9.52 Å². The Balaban J connectivity index is 1.79. The first-order chi connectivity index (χ1) is 13.8. The minimum atomic E-state index is -3.46. The van der Waals surface area contributed by atoms with E-state index >= 15 is 0 Å². The van der Waals surface area contributed by atoms with Crippen LogP contribution in [-0.4, -0.2) is 52.6 Å². The maximum atomic E-state index is 12.5. The number of likely N-dealkylation sites (N-methyl/N-ethyl adjacent to an activating group) is 1. The zero-order chi connectivity index (χ0) is 21.3. The van der Waals surface area contributed by atoms with Crippen LogP contribution in [0.1, 0.15) is 35.2 Å². The summed E-state index contributed by atoms with van der Waals surface area (Å²) in [6.45, 7) is 1.92. The third-order valence-corrected chi connectivity index (χ3v) is 5.23. The van der Waals surface area contributed by atoms with Crippen molar-refractivity contribution in [2.24, 2.45) is 0 Å². The zero-order valence-electron chi connectivity index (χ0n) is 17.3. The van der Waals surface area contributed by atoms with Crippen molar-refractivity contribution in [3.05, 3.63) is 59.7 Å². The molecule has 1 N–H and O–H groups in total. The number of benzene rings is 2. The summed E-state index contributed by atoms with van der Waals surface area (Å²) in [4.78, 5) is 14.8. The monoisotopic (exact) mass is 418 g/mol. The highest BCUT2D eigenvalue weighted by Crippen LogP contribution is 2.27. The number of Topliss-reactive ketones (excluding diaryl/α,β-unsaturated/α-hetero) is 1. The second kappa shape index (κ2) is 11.0. The van der Waals surface area contributed by atoms with Crippen molar-refractivity contribution in [2.75, 3.05) is 38.2 Å². The number of nitrogens with one attached hydrogen (secondary N) is 1. The molecule has 2 aromatic rings. The lowest BCUT2D eigenvalue weighted by molar-refractivity contribution is 0.0978. The summed E-state index contributed by atoms with van der Waals surface area (Å²) in [5, 5.41) is 0. The normalized spacial score (nSPS) is 11.4. The molecular weight excluding hydrogens is 388 g/mol. The predicted molar refractivity (Wildman–Crippen MR) is 117 cm³/mol. The smallest absolute Gasteiger partial charge is 0.229 e. The van der Waals surface area contributed by atoms with Crippen molar-refractivity contribution < 1.29 is 17.9 Å². The number of methoxy groups -OCH3 is 1. The minimum Gasteiger partial charge on any atom is -0.495 e. The van der Waals surface area contributed by atoms with Gasteiger partial charge in [0.05, 0.1) is 19.1 Å². The number of carbonyl (C=O) groups is 1. The molecule has 29 heavy (non-hydrogen) atoms. The Hall–Kier alpha value is -2.38. The van der Waals surface area contributed by atoms with Crippen molar-refractivity contribution >= 4 is 21.5 Å². The standard InChI is InChI=1S/C22H30N2O4S/c1-24(16-14-18-9-5-4-6-10-18)15-8-7-11-21(25)19-12-13-22(28-2)20(17-19)23-29(3,26)27/h4-6,9-10,12-13,17,23H,7-8,11,14-16H2,1-3H3. The van der Waals surface area contributed by atoms with Gasteiger partial charge in [0.2, 0.25) is 10.0 Å². The Labute approximate surface area is 173 Å². The van der Waals surface area contributed by atoms with Crippen LogP contribution >= 0.6 is 0 Å². The molecule has 0 saturated carbocycles. The lowest BCUT2D eigenvalue weighted by Gasteiger charge is -2.16. The molecule has 0 aliphatic rings. The highest BCUT2D eigenvalue weighted by atomic mass is 32.2. The molecule has 0 radical (unpaired) electrons. The van der Waals surface area contributed by atoms with Crippen molar-refractivity contribution in [1.29, 1.82) is 0 Å². The van der Waals surface area contributed by atoms with Gasteiger partial charge in [-0.25, -0.2) is 8.42 Å². The van der Waals surface area contributed by atoms with Crippen LogP contribution in [0, 0.1) is 0 Å². The van der Waals surface area contributed by atoms with Gasteiger partial charge in [-0.1, -0.05) is 30.3 Å². The van der Waals surface area contributed by atoms with Crippen molar-refractivity contribution in [1.82, 2.24) is 4.90 Å². The maximum Gasteiger partial charge on any atom is 0.229 e. The molecule has 2 aromatic carbocycles. The lowest BCUT2D eigenvalue weighted by atomic mass is 10.0. The molecule has 0 unspecified atom stereocenters. The molecule has 0 saturated heterocycles. The van der Waals surface area contributed by atoms with Crippen LogP contribution in [0.3, 0.4) is 0 Å². The minimum absolute atomic E-state index is 0.00357. The van der Waals surface area contributed by atoms with Gasteiger partial charge in [0.15, 0.2) is 5.78 Å². The van der Waals surface area contributed by atoms with E-state index in [0.29, 0.717) is 17.7 Å². The van der Waals surface area contributed by atoms with Crippen LogP contribution in [0.2, 0.25) is 0 Å². The van der Waals surface area contributed by atoms with E-state index in [1.165, 1.54) is 18.7 Å². The average molecular weight is 419 g/mol. The second-order valence-corrected chi connectivity index (χ2v) is 8.96. The number of carbonyl (C=O) groups excluding carboxylic acids is 1. The first-order valence-corrected chi connectivity index (χ1v) is 11.6. The Morgan fingerprint density at radius 3 is 2.45 bits per heavy atom.